The molecule has 1 unspecified atom stereocenters. The molecule has 0 aliphatic rings. The minimum atomic E-state index is -0.0586. The van der Waals surface area contributed by atoms with Crippen LogP contribution in [0.15, 0.2) is 6.33 Å². The number of hydrogen-bond acceptors (Lipinski definition) is 4. The molecular formula is C11H20N4O. The third kappa shape index (κ3) is 3.41. The van der Waals surface area contributed by atoms with E-state index in [1.165, 1.54) is 6.33 Å². The molecule has 1 atom stereocenters. The number of aromatic nitrogens is 3. The molecule has 2 N–H and O–H groups in total. The number of nitrogens with two attached hydrogens (primary N) is 1. The van der Waals surface area contributed by atoms with Gasteiger partial charge in [0.25, 0.3) is 0 Å². The molecule has 1 aromatic rings. The van der Waals surface area contributed by atoms with Crippen LogP contribution in [0.5, 0.6) is 0 Å². The molecule has 0 amide bonds. The maximum atomic E-state index is 12.0. The SMILES string of the molecule is CC(C)CC(CN)C(=O)Cc1ncnn1C. The first kappa shape index (κ1) is 12.8. The van der Waals surface area contributed by atoms with Crippen LogP contribution in [0.2, 0.25) is 0 Å². The van der Waals surface area contributed by atoms with Crippen LogP contribution in [0.4, 0.5) is 0 Å². The summed E-state index contributed by atoms with van der Waals surface area (Å²) in [5.41, 5.74) is 5.63. The van der Waals surface area contributed by atoms with Gasteiger partial charge in [0, 0.05) is 19.5 Å². The lowest BCUT2D eigenvalue weighted by molar-refractivity contribution is -0.122. The van der Waals surface area contributed by atoms with Crippen molar-refractivity contribution in [2.24, 2.45) is 24.6 Å². The van der Waals surface area contributed by atoms with Crippen LogP contribution in [0.25, 0.3) is 0 Å². The van der Waals surface area contributed by atoms with Gasteiger partial charge in [0.2, 0.25) is 0 Å². The fourth-order valence-electron chi connectivity index (χ4n) is 1.71. The Morgan fingerprint density at radius 3 is 2.69 bits per heavy atom. The van der Waals surface area contributed by atoms with Crippen molar-refractivity contribution in [3.63, 3.8) is 0 Å². The average molecular weight is 224 g/mol. The second kappa shape index (κ2) is 5.75. The van der Waals surface area contributed by atoms with E-state index in [0.29, 0.717) is 24.7 Å². The zero-order valence-corrected chi connectivity index (χ0v) is 10.2. The van der Waals surface area contributed by atoms with Crippen molar-refractivity contribution < 1.29 is 4.79 Å². The van der Waals surface area contributed by atoms with Gasteiger partial charge in [0.15, 0.2) is 0 Å². The lowest BCUT2D eigenvalue weighted by Gasteiger charge is -2.15. The summed E-state index contributed by atoms with van der Waals surface area (Å²) >= 11 is 0. The van der Waals surface area contributed by atoms with Crippen LogP contribution in [-0.4, -0.2) is 27.1 Å². The first-order chi connectivity index (χ1) is 7.54. The van der Waals surface area contributed by atoms with Crippen molar-refractivity contribution in [1.29, 1.82) is 0 Å². The number of carbonyl (C=O) groups excluding carboxylic acids is 1. The molecule has 5 nitrogen and oxygen atoms in total. The minimum Gasteiger partial charge on any atom is -0.330 e. The Labute approximate surface area is 96.0 Å². The van der Waals surface area contributed by atoms with E-state index in [-0.39, 0.29) is 11.7 Å². The van der Waals surface area contributed by atoms with Crippen LogP contribution >= 0.6 is 0 Å². The normalized spacial score (nSPS) is 13.1. The minimum absolute atomic E-state index is 0.0586. The van der Waals surface area contributed by atoms with E-state index < -0.39 is 0 Å². The fraction of sp³-hybridized carbons (Fsp3) is 0.727. The molecular weight excluding hydrogens is 204 g/mol. The van der Waals surface area contributed by atoms with Gasteiger partial charge in [-0.2, -0.15) is 5.10 Å². The molecule has 0 bridgehead atoms. The Bertz CT molecular complexity index is 346. The van der Waals surface area contributed by atoms with Gasteiger partial charge in [-0.25, -0.2) is 4.98 Å². The standard InChI is InChI=1S/C11H20N4O/c1-8(2)4-9(6-12)10(16)5-11-13-7-14-15(11)3/h7-9H,4-6,12H2,1-3H3. The number of ketones is 1. The summed E-state index contributed by atoms with van der Waals surface area (Å²) in [6, 6.07) is 0. The summed E-state index contributed by atoms with van der Waals surface area (Å²) < 4.78 is 1.63. The maximum absolute atomic E-state index is 12.0. The number of Topliss-reactive ketones (excluding diaryl/α,β-unsaturated/α-hetero) is 1. The highest BCUT2D eigenvalue weighted by molar-refractivity contribution is 5.82. The summed E-state index contributed by atoms with van der Waals surface area (Å²) in [5, 5.41) is 3.94. The van der Waals surface area contributed by atoms with Gasteiger partial charge >= 0.3 is 0 Å². The van der Waals surface area contributed by atoms with Crippen molar-refractivity contribution in [3.8, 4) is 0 Å². The third-order valence-electron chi connectivity index (χ3n) is 2.63. The van der Waals surface area contributed by atoms with Crippen molar-refractivity contribution in [2.45, 2.75) is 26.7 Å². The quantitative estimate of drug-likeness (QED) is 0.765. The molecule has 0 saturated heterocycles. The van der Waals surface area contributed by atoms with Gasteiger partial charge in [-0.3, -0.25) is 9.48 Å². The Morgan fingerprint density at radius 2 is 2.25 bits per heavy atom. The lowest BCUT2D eigenvalue weighted by atomic mass is 9.92. The molecule has 0 spiro atoms. The summed E-state index contributed by atoms with van der Waals surface area (Å²) in [6.45, 7) is 4.60. The first-order valence-corrected chi connectivity index (χ1v) is 5.60. The predicted molar refractivity (Wildman–Crippen MR) is 61.7 cm³/mol. The van der Waals surface area contributed by atoms with Crippen LogP contribution in [0.3, 0.4) is 0 Å². The summed E-state index contributed by atoms with van der Waals surface area (Å²) in [7, 11) is 1.79. The van der Waals surface area contributed by atoms with Crippen LogP contribution in [0.1, 0.15) is 26.1 Å². The fourth-order valence-corrected chi connectivity index (χ4v) is 1.71. The lowest BCUT2D eigenvalue weighted by Crippen LogP contribution is -2.27. The number of carbonyl (C=O) groups is 1. The number of hydrogen-bond donors (Lipinski definition) is 1. The zero-order valence-electron chi connectivity index (χ0n) is 10.2. The van der Waals surface area contributed by atoms with Gasteiger partial charge in [-0.15, -0.1) is 0 Å². The van der Waals surface area contributed by atoms with E-state index in [1.54, 1.807) is 11.7 Å². The Morgan fingerprint density at radius 1 is 1.56 bits per heavy atom. The summed E-state index contributed by atoms with van der Waals surface area (Å²) in [6.07, 6.45) is 2.63. The molecule has 0 aromatic carbocycles. The van der Waals surface area contributed by atoms with E-state index in [0.717, 1.165) is 6.42 Å². The van der Waals surface area contributed by atoms with E-state index >= 15 is 0 Å². The number of rotatable bonds is 6. The highest BCUT2D eigenvalue weighted by Crippen LogP contribution is 2.13. The second-order valence-corrected chi connectivity index (χ2v) is 4.51. The zero-order chi connectivity index (χ0) is 12.1. The van der Waals surface area contributed by atoms with E-state index in [1.807, 2.05) is 0 Å². The van der Waals surface area contributed by atoms with Crippen LogP contribution in [0, 0.1) is 11.8 Å². The van der Waals surface area contributed by atoms with Gasteiger partial charge in [-0.05, 0) is 12.3 Å². The Hall–Kier alpha value is -1.23. The van der Waals surface area contributed by atoms with Crippen LogP contribution < -0.4 is 5.73 Å². The topological polar surface area (TPSA) is 73.8 Å². The van der Waals surface area contributed by atoms with Crippen molar-refractivity contribution >= 4 is 5.78 Å². The molecule has 0 fully saturated rings. The largest absolute Gasteiger partial charge is 0.330 e. The second-order valence-electron chi connectivity index (χ2n) is 4.51. The monoisotopic (exact) mass is 224 g/mol. The average Bonchev–Trinajstić information content (AvgIpc) is 2.60. The van der Waals surface area contributed by atoms with Gasteiger partial charge in [0.05, 0.1) is 6.42 Å². The number of nitrogens with zero attached hydrogens (tertiary/aromatic N) is 3. The molecule has 0 aliphatic heterocycles. The molecule has 1 heterocycles. The predicted octanol–water partition coefficient (Wildman–Crippen LogP) is 0.548. The highest BCUT2D eigenvalue weighted by atomic mass is 16.1. The molecule has 1 aromatic heterocycles. The van der Waals surface area contributed by atoms with Crippen molar-refractivity contribution in [1.82, 2.24) is 14.8 Å². The molecule has 0 radical (unpaired) electrons. The van der Waals surface area contributed by atoms with Gasteiger partial charge in [-0.1, -0.05) is 13.8 Å². The van der Waals surface area contributed by atoms with Crippen LogP contribution in [-0.2, 0) is 18.3 Å². The van der Waals surface area contributed by atoms with Gasteiger partial charge < -0.3 is 5.73 Å². The molecule has 1 rings (SSSR count). The molecule has 5 heteroatoms. The molecule has 0 aliphatic carbocycles. The maximum Gasteiger partial charge on any atom is 0.144 e. The van der Waals surface area contributed by atoms with E-state index in [2.05, 4.69) is 23.9 Å². The third-order valence-corrected chi connectivity index (χ3v) is 2.63. The summed E-state index contributed by atoms with van der Waals surface area (Å²) in [5.74, 6) is 1.29. The van der Waals surface area contributed by atoms with Crippen molar-refractivity contribution in [2.75, 3.05) is 6.54 Å². The smallest absolute Gasteiger partial charge is 0.144 e. The van der Waals surface area contributed by atoms with Crippen molar-refractivity contribution in [3.05, 3.63) is 12.2 Å². The summed E-state index contributed by atoms with van der Waals surface area (Å²) in [4.78, 5) is 16.0. The van der Waals surface area contributed by atoms with E-state index in [4.69, 9.17) is 5.73 Å². The number of aryl methyl sites for hydroxylation is 1. The Kier molecular flexibility index (Phi) is 4.61. The molecule has 0 saturated carbocycles. The molecule has 16 heavy (non-hydrogen) atoms. The van der Waals surface area contributed by atoms with Gasteiger partial charge in [0.1, 0.15) is 17.9 Å². The highest BCUT2D eigenvalue weighted by Gasteiger charge is 2.19. The van der Waals surface area contributed by atoms with E-state index in [9.17, 15) is 4.79 Å². The molecule has 90 valence electrons. The first-order valence-electron chi connectivity index (χ1n) is 5.60. The Balaban J connectivity index is 2.59.